The number of aromatic nitrogens is 1. The Balaban J connectivity index is 1.63. The van der Waals surface area contributed by atoms with E-state index in [4.69, 9.17) is 39.5 Å². The average molecular weight is 442 g/mol. The van der Waals surface area contributed by atoms with Crippen LogP contribution < -0.4 is 10.1 Å². The van der Waals surface area contributed by atoms with Crippen molar-refractivity contribution in [3.8, 4) is 17.0 Å². The molecule has 0 atom stereocenters. The summed E-state index contributed by atoms with van der Waals surface area (Å²) >= 11 is 19.5. The third-order valence-corrected chi connectivity index (χ3v) is 5.64. The third-order valence-electron chi connectivity index (χ3n) is 3.74. The second-order valence-electron chi connectivity index (χ2n) is 5.87. The lowest BCUT2D eigenvalue weighted by Gasteiger charge is -2.09. The predicted octanol–water partition coefficient (Wildman–Crippen LogP) is 6.40. The lowest BCUT2D eigenvalue weighted by molar-refractivity contribution is -0.118. The van der Waals surface area contributed by atoms with Gasteiger partial charge in [-0.05, 0) is 55.3 Å². The molecule has 0 aliphatic rings. The summed E-state index contributed by atoms with van der Waals surface area (Å²) < 4.78 is 5.55. The number of nitrogens with one attached hydrogen (secondary N) is 1. The molecule has 1 heterocycles. The maximum atomic E-state index is 12.1. The minimum Gasteiger partial charge on any atom is -0.484 e. The quantitative estimate of drug-likeness (QED) is 0.498. The van der Waals surface area contributed by atoms with Crippen molar-refractivity contribution in [3.63, 3.8) is 0 Å². The average Bonchev–Trinajstić information content (AvgIpc) is 3.05. The highest BCUT2D eigenvalue weighted by Crippen LogP contribution is 2.32. The van der Waals surface area contributed by atoms with Gasteiger partial charge >= 0.3 is 0 Å². The van der Waals surface area contributed by atoms with E-state index in [2.05, 4.69) is 10.3 Å². The number of carbonyl (C=O) groups is 1. The summed E-state index contributed by atoms with van der Waals surface area (Å²) in [7, 11) is 0. The standard InChI is InChI=1S/C19H15Cl3N2O2S/c1-10-5-13(6-11(2)18(10)22)26-8-17(25)24-19-23-16(9-27-19)14-4-3-12(20)7-15(14)21/h3-7,9H,8H2,1-2H3,(H,23,24,25). The molecule has 0 unspecified atom stereocenters. The summed E-state index contributed by atoms with van der Waals surface area (Å²) in [5.41, 5.74) is 3.22. The highest BCUT2D eigenvalue weighted by Gasteiger charge is 2.12. The lowest BCUT2D eigenvalue weighted by Crippen LogP contribution is -2.20. The molecule has 0 bridgehead atoms. The summed E-state index contributed by atoms with van der Waals surface area (Å²) in [6.07, 6.45) is 0. The molecule has 0 radical (unpaired) electrons. The molecule has 0 aliphatic carbocycles. The van der Waals surface area contributed by atoms with E-state index in [9.17, 15) is 4.79 Å². The van der Waals surface area contributed by atoms with E-state index in [0.29, 0.717) is 31.6 Å². The Kier molecular flexibility index (Phi) is 6.27. The highest BCUT2D eigenvalue weighted by atomic mass is 35.5. The molecule has 0 spiro atoms. The van der Waals surface area contributed by atoms with Gasteiger partial charge in [0.2, 0.25) is 0 Å². The molecule has 140 valence electrons. The monoisotopic (exact) mass is 440 g/mol. The molecule has 4 nitrogen and oxygen atoms in total. The predicted molar refractivity (Wildman–Crippen MR) is 113 cm³/mol. The summed E-state index contributed by atoms with van der Waals surface area (Å²) in [5, 5.41) is 6.76. The Morgan fingerprint density at radius 1 is 1.15 bits per heavy atom. The molecule has 0 saturated heterocycles. The fourth-order valence-corrected chi connectivity index (χ4v) is 3.79. The maximum absolute atomic E-state index is 12.1. The van der Waals surface area contributed by atoms with E-state index < -0.39 is 0 Å². The molecule has 0 fully saturated rings. The van der Waals surface area contributed by atoms with Crippen LogP contribution in [-0.4, -0.2) is 17.5 Å². The van der Waals surface area contributed by atoms with Crippen molar-refractivity contribution >= 4 is 57.2 Å². The fourth-order valence-electron chi connectivity index (χ4n) is 2.45. The van der Waals surface area contributed by atoms with Crippen molar-refractivity contribution < 1.29 is 9.53 Å². The van der Waals surface area contributed by atoms with Crippen LogP contribution in [0.1, 0.15) is 11.1 Å². The van der Waals surface area contributed by atoms with Gasteiger partial charge in [-0.1, -0.05) is 34.8 Å². The zero-order chi connectivity index (χ0) is 19.6. The molecule has 3 rings (SSSR count). The Labute approximate surface area is 176 Å². The molecule has 3 aromatic rings. The normalized spacial score (nSPS) is 10.7. The van der Waals surface area contributed by atoms with Crippen molar-refractivity contribution in [2.24, 2.45) is 0 Å². The molecule has 1 amide bonds. The van der Waals surface area contributed by atoms with Crippen LogP contribution in [0.4, 0.5) is 5.13 Å². The zero-order valence-electron chi connectivity index (χ0n) is 14.5. The fraction of sp³-hybridized carbons (Fsp3) is 0.158. The second-order valence-corrected chi connectivity index (χ2v) is 7.95. The first-order chi connectivity index (χ1) is 12.8. The minimum absolute atomic E-state index is 0.128. The van der Waals surface area contributed by atoms with E-state index in [1.54, 1.807) is 30.3 Å². The zero-order valence-corrected chi connectivity index (χ0v) is 17.6. The van der Waals surface area contributed by atoms with Crippen LogP contribution in [-0.2, 0) is 4.79 Å². The van der Waals surface area contributed by atoms with Crippen LogP contribution in [0.3, 0.4) is 0 Å². The molecule has 27 heavy (non-hydrogen) atoms. The van der Waals surface area contributed by atoms with Crippen LogP contribution in [0.25, 0.3) is 11.3 Å². The lowest BCUT2D eigenvalue weighted by atomic mass is 10.1. The Bertz CT molecular complexity index is 981. The largest absolute Gasteiger partial charge is 0.484 e. The summed E-state index contributed by atoms with van der Waals surface area (Å²) in [4.78, 5) is 16.5. The van der Waals surface area contributed by atoms with E-state index in [0.717, 1.165) is 16.7 Å². The van der Waals surface area contributed by atoms with Gasteiger partial charge in [0.25, 0.3) is 5.91 Å². The van der Waals surface area contributed by atoms with Crippen molar-refractivity contribution in [2.75, 3.05) is 11.9 Å². The Morgan fingerprint density at radius 3 is 2.52 bits per heavy atom. The number of nitrogens with zero attached hydrogens (tertiary/aromatic N) is 1. The van der Waals surface area contributed by atoms with Crippen LogP contribution in [0.15, 0.2) is 35.7 Å². The van der Waals surface area contributed by atoms with Crippen LogP contribution in [0.2, 0.25) is 15.1 Å². The van der Waals surface area contributed by atoms with Crippen molar-refractivity contribution in [1.29, 1.82) is 0 Å². The summed E-state index contributed by atoms with van der Waals surface area (Å²) in [5.74, 6) is 0.292. The number of anilines is 1. The van der Waals surface area contributed by atoms with E-state index in [1.165, 1.54) is 11.3 Å². The first kappa shape index (κ1) is 20.0. The number of ether oxygens (including phenoxy) is 1. The first-order valence-electron chi connectivity index (χ1n) is 7.94. The molecule has 0 aliphatic heterocycles. The highest BCUT2D eigenvalue weighted by molar-refractivity contribution is 7.14. The van der Waals surface area contributed by atoms with Crippen molar-refractivity contribution in [2.45, 2.75) is 13.8 Å². The number of amides is 1. The number of halogens is 3. The smallest absolute Gasteiger partial charge is 0.264 e. The van der Waals surface area contributed by atoms with Crippen LogP contribution >= 0.6 is 46.1 Å². The summed E-state index contributed by atoms with van der Waals surface area (Å²) in [6, 6.07) is 8.78. The third kappa shape index (κ3) is 4.93. The number of hydrogen-bond acceptors (Lipinski definition) is 4. The number of thiazole rings is 1. The van der Waals surface area contributed by atoms with Gasteiger partial charge in [0.1, 0.15) is 5.75 Å². The number of aryl methyl sites for hydroxylation is 2. The molecular weight excluding hydrogens is 427 g/mol. The van der Waals surface area contributed by atoms with Gasteiger partial charge in [0.05, 0.1) is 10.7 Å². The van der Waals surface area contributed by atoms with Gasteiger partial charge in [0.15, 0.2) is 11.7 Å². The SMILES string of the molecule is Cc1cc(OCC(=O)Nc2nc(-c3ccc(Cl)cc3Cl)cs2)cc(C)c1Cl. The number of benzene rings is 2. The van der Waals surface area contributed by atoms with Gasteiger partial charge in [-0.15, -0.1) is 11.3 Å². The molecular formula is C19H15Cl3N2O2S. The number of carbonyl (C=O) groups excluding carboxylic acids is 1. The van der Waals surface area contributed by atoms with Gasteiger partial charge in [-0.2, -0.15) is 0 Å². The van der Waals surface area contributed by atoms with Gasteiger partial charge in [-0.3, -0.25) is 10.1 Å². The van der Waals surface area contributed by atoms with Crippen molar-refractivity contribution in [1.82, 2.24) is 4.98 Å². The van der Waals surface area contributed by atoms with Gasteiger partial charge in [-0.25, -0.2) is 4.98 Å². The first-order valence-corrected chi connectivity index (χ1v) is 9.95. The molecule has 8 heteroatoms. The van der Waals surface area contributed by atoms with E-state index >= 15 is 0 Å². The van der Waals surface area contributed by atoms with Gasteiger partial charge in [0, 0.05) is 21.0 Å². The molecule has 1 aromatic heterocycles. The van der Waals surface area contributed by atoms with E-state index in [-0.39, 0.29) is 12.5 Å². The number of rotatable bonds is 5. The molecule has 0 saturated carbocycles. The van der Waals surface area contributed by atoms with Crippen LogP contribution in [0.5, 0.6) is 5.75 Å². The van der Waals surface area contributed by atoms with Crippen LogP contribution in [0, 0.1) is 13.8 Å². The molecule has 2 aromatic carbocycles. The topological polar surface area (TPSA) is 51.2 Å². The second kappa shape index (κ2) is 8.48. The minimum atomic E-state index is -0.302. The summed E-state index contributed by atoms with van der Waals surface area (Å²) in [6.45, 7) is 3.65. The Hall–Kier alpha value is -1.79. The Morgan fingerprint density at radius 2 is 1.85 bits per heavy atom. The van der Waals surface area contributed by atoms with E-state index in [1.807, 2.05) is 19.2 Å². The maximum Gasteiger partial charge on any atom is 0.264 e. The molecule has 1 N–H and O–H groups in total. The van der Waals surface area contributed by atoms with Crippen molar-refractivity contribution in [3.05, 3.63) is 61.9 Å². The number of hydrogen-bond donors (Lipinski definition) is 1. The van der Waals surface area contributed by atoms with Gasteiger partial charge < -0.3 is 4.74 Å².